The first kappa shape index (κ1) is 17.9. The summed E-state index contributed by atoms with van der Waals surface area (Å²) in [7, 11) is 0. The highest BCUT2D eigenvalue weighted by molar-refractivity contribution is 4.68. The lowest BCUT2D eigenvalue weighted by atomic mass is 10.2. The fourth-order valence-corrected chi connectivity index (χ4v) is 2.06. The van der Waals surface area contributed by atoms with Crippen LogP contribution in [0.3, 0.4) is 0 Å². The normalized spacial score (nSPS) is 20.2. The molecule has 2 aliphatic heterocycles. The molecule has 2 saturated heterocycles. The van der Waals surface area contributed by atoms with Crippen LogP contribution in [0.1, 0.15) is 66.7 Å². The summed E-state index contributed by atoms with van der Waals surface area (Å²) in [6.07, 6.45) is 7.04. The van der Waals surface area contributed by atoms with Crippen molar-refractivity contribution in [3.05, 3.63) is 0 Å². The van der Waals surface area contributed by atoms with E-state index >= 15 is 0 Å². The number of hydrogen-bond donors (Lipinski definition) is 1. The zero-order valence-electron chi connectivity index (χ0n) is 13.5. The van der Waals surface area contributed by atoms with Crippen molar-refractivity contribution in [2.75, 3.05) is 26.2 Å². The largest absolute Gasteiger partial charge is 0.317 e. The van der Waals surface area contributed by atoms with E-state index in [1.807, 2.05) is 0 Å². The van der Waals surface area contributed by atoms with Gasteiger partial charge in [-0.25, -0.2) is 0 Å². The van der Waals surface area contributed by atoms with Crippen molar-refractivity contribution in [3.8, 4) is 0 Å². The average Bonchev–Trinajstić information content (AvgIpc) is 2.85. The minimum absolute atomic E-state index is 0.775. The van der Waals surface area contributed by atoms with E-state index in [-0.39, 0.29) is 0 Å². The fourth-order valence-electron chi connectivity index (χ4n) is 2.06. The molecular weight excluding hydrogens is 220 g/mol. The van der Waals surface area contributed by atoms with E-state index < -0.39 is 0 Å². The van der Waals surface area contributed by atoms with Crippen LogP contribution in [0.25, 0.3) is 0 Å². The van der Waals surface area contributed by atoms with Crippen LogP contribution in [0.2, 0.25) is 0 Å². The van der Waals surface area contributed by atoms with Gasteiger partial charge in [0.05, 0.1) is 0 Å². The Morgan fingerprint density at radius 2 is 1.17 bits per heavy atom. The highest BCUT2D eigenvalue weighted by atomic mass is 15.2. The second kappa shape index (κ2) is 12.0. The van der Waals surface area contributed by atoms with Crippen LogP contribution < -0.4 is 5.32 Å². The van der Waals surface area contributed by atoms with Crippen LogP contribution in [0, 0.1) is 5.92 Å². The number of likely N-dealkylation sites (tertiary alicyclic amines) is 1. The minimum Gasteiger partial charge on any atom is -0.317 e. The SMILES string of the molecule is C1CCNCC1.CC(C)C.CC(C)N1CCCC1. The summed E-state index contributed by atoms with van der Waals surface area (Å²) in [6.45, 7) is 16.2. The van der Waals surface area contributed by atoms with Crippen LogP contribution in [-0.4, -0.2) is 37.1 Å². The van der Waals surface area contributed by atoms with Gasteiger partial charge in [0.2, 0.25) is 0 Å². The van der Waals surface area contributed by atoms with Crippen LogP contribution in [0.4, 0.5) is 0 Å². The zero-order chi connectivity index (χ0) is 13.8. The molecule has 110 valence electrons. The third kappa shape index (κ3) is 12.4. The van der Waals surface area contributed by atoms with Gasteiger partial charge in [0.1, 0.15) is 0 Å². The van der Waals surface area contributed by atoms with Gasteiger partial charge >= 0.3 is 0 Å². The van der Waals surface area contributed by atoms with Crippen molar-refractivity contribution >= 4 is 0 Å². The van der Waals surface area contributed by atoms with E-state index in [9.17, 15) is 0 Å². The molecule has 2 nitrogen and oxygen atoms in total. The maximum absolute atomic E-state index is 3.28. The molecule has 2 heteroatoms. The Morgan fingerprint density at radius 1 is 0.722 bits per heavy atom. The molecule has 0 aromatic heterocycles. The number of rotatable bonds is 1. The summed E-state index contributed by atoms with van der Waals surface area (Å²) < 4.78 is 0. The van der Waals surface area contributed by atoms with Gasteiger partial charge in [-0.05, 0) is 71.6 Å². The molecule has 0 atom stereocenters. The van der Waals surface area contributed by atoms with Crippen LogP contribution in [0.15, 0.2) is 0 Å². The molecule has 0 unspecified atom stereocenters. The standard InChI is InChI=1S/C7H15N.C5H11N.C4H10/c1-7(2)8-5-3-4-6-8;1-2-4-6-5-3-1;1-4(2)3/h7H,3-6H2,1-2H3;6H,1-5H2;4H,1-3H3. The first-order chi connectivity index (χ1) is 8.54. The lowest BCUT2D eigenvalue weighted by Gasteiger charge is -2.18. The van der Waals surface area contributed by atoms with Crippen molar-refractivity contribution in [1.82, 2.24) is 10.2 Å². The summed E-state index contributed by atoms with van der Waals surface area (Å²) in [5.41, 5.74) is 0. The third-order valence-corrected chi connectivity index (χ3v) is 3.08. The second-order valence-corrected chi connectivity index (χ2v) is 6.38. The maximum atomic E-state index is 3.28. The molecule has 2 fully saturated rings. The van der Waals surface area contributed by atoms with E-state index in [0.717, 1.165) is 12.0 Å². The van der Waals surface area contributed by atoms with Crippen molar-refractivity contribution in [3.63, 3.8) is 0 Å². The highest BCUT2D eigenvalue weighted by Crippen LogP contribution is 2.09. The number of hydrogen-bond acceptors (Lipinski definition) is 2. The molecule has 0 amide bonds. The molecule has 0 aromatic carbocycles. The molecule has 2 aliphatic rings. The lowest BCUT2D eigenvalue weighted by molar-refractivity contribution is 0.276. The topological polar surface area (TPSA) is 15.3 Å². The Labute approximate surface area is 116 Å². The second-order valence-electron chi connectivity index (χ2n) is 6.38. The number of nitrogens with zero attached hydrogens (tertiary/aromatic N) is 1. The Balaban J connectivity index is 0.000000257. The van der Waals surface area contributed by atoms with Crippen molar-refractivity contribution in [2.24, 2.45) is 5.92 Å². The smallest absolute Gasteiger partial charge is 0.00385 e. The Morgan fingerprint density at radius 3 is 1.33 bits per heavy atom. The molecule has 0 saturated carbocycles. The summed E-state index contributed by atoms with van der Waals surface area (Å²) in [5, 5.41) is 3.28. The predicted molar refractivity (Wildman–Crippen MR) is 83.2 cm³/mol. The molecule has 1 N–H and O–H groups in total. The van der Waals surface area contributed by atoms with Gasteiger partial charge in [-0.3, -0.25) is 0 Å². The van der Waals surface area contributed by atoms with E-state index in [0.29, 0.717) is 0 Å². The molecule has 0 aliphatic carbocycles. The van der Waals surface area contributed by atoms with Gasteiger partial charge in [0.15, 0.2) is 0 Å². The Bertz CT molecular complexity index is 142. The van der Waals surface area contributed by atoms with E-state index in [2.05, 4.69) is 44.8 Å². The van der Waals surface area contributed by atoms with Gasteiger partial charge in [0.25, 0.3) is 0 Å². The van der Waals surface area contributed by atoms with Gasteiger partial charge in [-0.2, -0.15) is 0 Å². The predicted octanol–water partition coefficient (Wildman–Crippen LogP) is 3.91. The highest BCUT2D eigenvalue weighted by Gasteiger charge is 2.13. The van der Waals surface area contributed by atoms with Crippen LogP contribution >= 0.6 is 0 Å². The first-order valence-corrected chi connectivity index (χ1v) is 7.98. The van der Waals surface area contributed by atoms with Crippen LogP contribution in [0.5, 0.6) is 0 Å². The average molecular weight is 256 g/mol. The Kier molecular flexibility index (Phi) is 11.9. The minimum atomic E-state index is 0.775. The fraction of sp³-hybridized carbons (Fsp3) is 1.00. The zero-order valence-corrected chi connectivity index (χ0v) is 13.5. The van der Waals surface area contributed by atoms with Crippen molar-refractivity contribution < 1.29 is 0 Å². The summed E-state index contributed by atoms with van der Waals surface area (Å²) in [6, 6.07) is 0.775. The lowest BCUT2D eigenvalue weighted by Crippen LogP contribution is -2.26. The summed E-state index contributed by atoms with van der Waals surface area (Å²) >= 11 is 0. The molecule has 2 rings (SSSR count). The third-order valence-electron chi connectivity index (χ3n) is 3.08. The summed E-state index contributed by atoms with van der Waals surface area (Å²) in [4.78, 5) is 2.53. The quantitative estimate of drug-likeness (QED) is 0.765. The van der Waals surface area contributed by atoms with Gasteiger partial charge in [0, 0.05) is 6.04 Å². The molecule has 18 heavy (non-hydrogen) atoms. The molecular formula is C16H36N2. The van der Waals surface area contributed by atoms with Crippen LogP contribution in [-0.2, 0) is 0 Å². The first-order valence-electron chi connectivity index (χ1n) is 7.98. The van der Waals surface area contributed by atoms with Gasteiger partial charge < -0.3 is 10.2 Å². The van der Waals surface area contributed by atoms with E-state index in [1.54, 1.807) is 0 Å². The molecule has 0 bridgehead atoms. The molecule has 0 radical (unpaired) electrons. The van der Waals surface area contributed by atoms with Gasteiger partial charge in [-0.1, -0.05) is 27.2 Å². The monoisotopic (exact) mass is 256 g/mol. The van der Waals surface area contributed by atoms with E-state index in [1.165, 1.54) is 58.3 Å². The maximum Gasteiger partial charge on any atom is 0.00385 e. The Hall–Kier alpha value is -0.0800. The van der Waals surface area contributed by atoms with E-state index in [4.69, 9.17) is 0 Å². The molecule has 0 spiro atoms. The van der Waals surface area contributed by atoms with Gasteiger partial charge in [-0.15, -0.1) is 0 Å². The number of nitrogens with one attached hydrogen (secondary N) is 1. The molecule has 0 aromatic rings. The van der Waals surface area contributed by atoms with Crippen molar-refractivity contribution in [2.45, 2.75) is 72.8 Å². The number of piperidine rings is 1. The summed E-state index contributed by atoms with van der Waals surface area (Å²) in [5.74, 6) is 0.833. The van der Waals surface area contributed by atoms with Crippen molar-refractivity contribution in [1.29, 1.82) is 0 Å². The molecule has 2 heterocycles.